The van der Waals surface area contributed by atoms with E-state index in [0.29, 0.717) is 28.7 Å². The number of benzene rings is 1. The Morgan fingerprint density at radius 2 is 1.95 bits per heavy atom. The predicted molar refractivity (Wildman–Crippen MR) is 79.0 cm³/mol. The lowest BCUT2D eigenvalue weighted by molar-refractivity contribution is -0.312. The highest BCUT2D eigenvalue weighted by molar-refractivity contribution is 5.89. The van der Waals surface area contributed by atoms with Crippen molar-refractivity contribution in [3.05, 3.63) is 39.2 Å². The van der Waals surface area contributed by atoms with E-state index < -0.39 is 12.1 Å². The van der Waals surface area contributed by atoms with Crippen molar-refractivity contribution in [2.75, 3.05) is 0 Å². The Balaban J connectivity index is 2.26. The summed E-state index contributed by atoms with van der Waals surface area (Å²) in [5, 5.41) is 11.7. The predicted octanol–water partition coefficient (Wildman–Crippen LogP) is 1.50. The lowest BCUT2D eigenvalue weighted by atomic mass is 9.90. The van der Waals surface area contributed by atoms with Gasteiger partial charge >= 0.3 is 5.63 Å². The van der Waals surface area contributed by atoms with Gasteiger partial charge in [0.1, 0.15) is 17.4 Å². The summed E-state index contributed by atoms with van der Waals surface area (Å²) in [6.07, 6.45) is 2.35. The van der Waals surface area contributed by atoms with E-state index in [1.807, 2.05) is 6.92 Å². The molecule has 0 unspecified atom stereocenters. The zero-order valence-electron chi connectivity index (χ0n) is 12.6. The fraction of sp³-hybridized carbons (Fsp3) is 0.412. The zero-order chi connectivity index (χ0) is 15.9. The molecule has 5 nitrogen and oxygen atoms in total. The molecule has 2 aromatic rings. The number of hydrogen-bond donors (Lipinski definition) is 0. The minimum Gasteiger partial charge on any atom is -0.546 e. The first-order valence-corrected chi connectivity index (χ1v) is 7.44. The summed E-state index contributed by atoms with van der Waals surface area (Å²) in [5.41, 5.74) is 2.61. The number of carboxylic acids is 1. The van der Waals surface area contributed by atoms with Crippen LogP contribution in [0.4, 0.5) is 0 Å². The Kier molecular flexibility index (Phi) is 3.64. The van der Waals surface area contributed by atoms with E-state index in [1.165, 1.54) is 6.92 Å². The van der Waals surface area contributed by atoms with Crippen molar-refractivity contribution in [1.82, 2.24) is 0 Å². The lowest BCUT2D eigenvalue weighted by Crippen LogP contribution is -2.37. The quantitative estimate of drug-likeness (QED) is 0.803. The first-order valence-electron chi connectivity index (χ1n) is 7.44. The van der Waals surface area contributed by atoms with Crippen LogP contribution in [-0.4, -0.2) is 12.1 Å². The molecule has 0 saturated heterocycles. The standard InChI is InChI=1S/C17H18O5/c1-9-7-13(21-10(2)16(18)19)15-11-5-3-4-6-12(11)17(20)22-14(15)8-9/h7-8,10H,3-6H2,1-2H3,(H,18,19)/p-1/t10-/m1/s1. The molecule has 5 heteroatoms. The first-order chi connectivity index (χ1) is 10.5. The van der Waals surface area contributed by atoms with Crippen molar-refractivity contribution in [1.29, 1.82) is 0 Å². The van der Waals surface area contributed by atoms with Gasteiger partial charge in [0.15, 0.2) is 0 Å². The SMILES string of the molecule is Cc1cc(O[C@H](C)C(=O)[O-])c2c3c(c(=O)oc2c1)CCCC3. The van der Waals surface area contributed by atoms with Gasteiger partial charge in [0.25, 0.3) is 0 Å². The van der Waals surface area contributed by atoms with Crippen molar-refractivity contribution in [3.8, 4) is 5.75 Å². The third-order valence-electron chi connectivity index (χ3n) is 4.06. The summed E-state index contributed by atoms with van der Waals surface area (Å²) < 4.78 is 11.0. The van der Waals surface area contributed by atoms with Gasteiger partial charge in [0, 0.05) is 5.56 Å². The maximum Gasteiger partial charge on any atom is 0.339 e. The average Bonchev–Trinajstić information content (AvgIpc) is 2.46. The van der Waals surface area contributed by atoms with Gasteiger partial charge < -0.3 is 19.1 Å². The van der Waals surface area contributed by atoms with Gasteiger partial charge in [-0.15, -0.1) is 0 Å². The molecule has 1 aliphatic rings. The molecule has 1 heterocycles. The Morgan fingerprint density at radius 1 is 1.27 bits per heavy atom. The number of aryl methyl sites for hydroxylation is 2. The molecule has 1 aliphatic carbocycles. The van der Waals surface area contributed by atoms with Crippen molar-refractivity contribution in [3.63, 3.8) is 0 Å². The summed E-state index contributed by atoms with van der Waals surface area (Å²) in [4.78, 5) is 23.1. The second kappa shape index (κ2) is 5.48. The van der Waals surface area contributed by atoms with Gasteiger partial charge in [-0.05, 0) is 62.8 Å². The number of ether oxygens (including phenoxy) is 1. The van der Waals surface area contributed by atoms with Crippen LogP contribution >= 0.6 is 0 Å². The largest absolute Gasteiger partial charge is 0.546 e. The molecule has 3 rings (SSSR count). The Morgan fingerprint density at radius 3 is 2.64 bits per heavy atom. The van der Waals surface area contributed by atoms with Gasteiger partial charge in [-0.1, -0.05) is 0 Å². The Labute approximate surface area is 127 Å². The molecule has 0 spiro atoms. The zero-order valence-corrected chi connectivity index (χ0v) is 12.6. The van der Waals surface area contributed by atoms with Crippen LogP contribution in [0.25, 0.3) is 11.0 Å². The van der Waals surface area contributed by atoms with Gasteiger partial charge in [0.2, 0.25) is 0 Å². The fourth-order valence-corrected chi connectivity index (χ4v) is 3.00. The van der Waals surface area contributed by atoms with Crippen LogP contribution in [0.1, 0.15) is 36.5 Å². The van der Waals surface area contributed by atoms with Crippen LogP contribution in [-0.2, 0) is 17.6 Å². The summed E-state index contributed by atoms with van der Waals surface area (Å²) in [6, 6.07) is 3.55. The number of carboxylic acid groups (broad SMARTS) is 1. The second-order valence-electron chi connectivity index (χ2n) is 5.77. The van der Waals surface area contributed by atoms with Gasteiger partial charge in [-0.3, -0.25) is 0 Å². The molecule has 0 bridgehead atoms. The van der Waals surface area contributed by atoms with Crippen molar-refractivity contribution in [2.45, 2.75) is 45.6 Å². The van der Waals surface area contributed by atoms with Crippen LogP contribution < -0.4 is 15.5 Å². The van der Waals surface area contributed by atoms with Crippen molar-refractivity contribution < 1.29 is 19.1 Å². The van der Waals surface area contributed by atoms with E-state index >= 15 is 0 Å². The molecule has 0 N–H and O–H groups in total. The number of carbonyl (C=O) groups is 1. The first kappa shape index (κ1) is 14.6. The van der Waals surface area contributed by atoms with E-state index in [-0.39, 0.29) is 5.63 Å². The van der Waals surface area contributed by atoms with Crippen LogP contribution in [0.5, 0.6) is 5.75 Å². The van der Waals surface area contributed by atoms with Gasteiger partial charge in [-0.2, -0.15) is 0 Å². The van der Waals surface area contributed by atoms with E-state index in [1.54, 1.807) is 12.1 Å². The summed E-state index contributed by atoms with van der Waals surface area (Å²) in [6.45, 7) is 3.27. The molecule has 0 aliphatic heterocycles. The van der Waals surface area contributed by atoms with Crippen LogP contribution in [0.3, 0.4) is 0 Å². The molecule has 1 atom stereocenters. The molecular weight excluding hydrogens is 284 g/mol. The number of hydrogen-bond acceptors (Lipinski definition) is 5. The summed E-state index contributed by atoms with van der Waals surface area (Å²) in [7, 11) is 0. The molecule has 0 fully saturated rings. The molecule has 0 amide bonds. The second-order valence-corrected chi connectivity index (χ2v) is 5.77. The number of rotatable bonds is 3. The molecule has 0 radical (unpaired) electrons. The van der Waals surface area contributed by atoms with Gasteiger partial charge in [0.05, 0.1) is 11.4 Å². The summed E-state index contributed by atoms with van der Waals surface area (Å²) >= 11 is 0. The molecule has 1 aromatic heterocycles. The maximum atomic E-state index is 12.1. The van der Waals surface area contributed by atoms with E-state index in [0.717, 1.165) is 30.4 Å². The van der Waals surface area contributed by atoms with E-state index in [2.05, 4.69) is 0 Å². The Hall–Kier alpha value is -2.30. The highest BCUT2D eigenvalue weighted by Gasteiger charge is 2.21. The van der Waals surface area contributed by atoms with Crippen LogP contribution in [0.15, 0.2) is 21.3 Å². The fourth-order valence-electron chi connectivity index (χ4n) is 3.00. The maximum absolute atomic E-state index is 12.1. The normalized spacial score (nSPS) is 15.4. The molecular formula is C17H17O5-. The number of aliphatic carboxylic acids is 1. The topological polar surface area (TPSA) is 79.6 Å². The number of fused-ring (bicyclic) bond motifs is 3. The smallest absolute Gasteiger partial charge is 0.339 e. The molecule has 1 aromatic carbocycles. The van der Waals surface area contributed by atoms with Crippen LogP contribution in [0, 0.1) is 6.92 Å². The molecule has 0 saturated carbocycles. The average molecular weight is 301 g/mol. The minimum absolute atomic E-state index is 0.299. The Bertz CT molecular complexity index is 803. The van der Waals surface area contributed by atoms with Gasteiger partial charge in [-0.25, -0.2) is 4.79 Å². The van der Waals surface area contributed by atoms with Crippen molar-refractivity contribution in [2.24, 2.45) is 0 Å². The highest BCUT2D eigenvalue weighted by atomic mass is 16.5. The summed E-state index contributed by atoms with van der Waals surface area (Å²) in [5.74, 6) is -0.838. The molecule has 22 heavy (non-hydrogen) atoms. The minimum atomic E-state index is -1.28. The number of carbonyl (C=O) groups excluding carboxylic acids is 1. The van der Waals surface area contributed by atoms with E-state index in [9.17, 15) is 14.7 Å². The van der Waals surface area contributed by atoms with Crippen LogP contribution in [0.2, 0.25) is 0 Å². The monoisotopic (exact) mass is 301 g/mol. The third kappa shape index (κ3) is 2.47. The molecule has 116 valence electrons. The van der Waals surface area contributed by atoms with Crippen molar-refractivity contribution >= 4 is 16.9 Å². The lowest BCUT2D eigenvalue weighted by Gasteiger charge is -2.21. The highest BCUT2D eigenvalue weighted by Crippen LogP contribution is 2.34. The van der Waals surface area contributed by atoms with E-state index in [4.69, 9.17) is 9.15 Å². The third-order valence-corrected chi connectivity index (χ3v) is 4.06.